The fourth-order valence-electron chi connectivity index (χ4n) is 5.70. The third-order valence-corrected chi connectivity index (χ3v) is 7.18. The SMILES string of the molecule is Cc1ccc(OC2CC34CC3C(C)N(C(=O)c3ccccc3-n3nccn3)C24)nc1. The Morgan fingerprint density at radius 1 is 1.13 bits per heavy atom. The molecule has 7 nitrogen and oxygen atoms in total. The van der Waals surface area contributed by atoms with Crippen molar-refractivity contribution < 1.29 is 9.53 Å². The van der Waals surface area contributed by atoms with Crippen LogP contribution in [0.2, 0.25) is 0 Å². The standard InChI is InChI=1S/C23H23N5O2/c1-14-7-8-20(24-13-14)30-19-12-23-11-17(23)15(2)27(21(19)23)22(29)16-5-3-4-6-18(16)28-25-9-10-26-28/h3-10,13,15,17,19,21H,11-12H2,1-2H3. The van der Waals surface area contributed by atoms with Crippen molar-refractivity contribution in [3.8, 4) is 11.6 Å². The number of pyridine rings is 1. The molecule has 2 aliphatic carbocycles. The van der Waals surface area contributed by atoms with Gasteiger partial charge in [0, 0.05) is 23.7 Å². The van der Waals surface area contributed by atoms with Crippen LogP contribution >= 0.6 is 0 Å². The molecular weight excluding hydrogens is 378 g/mol. The Hall–Kier alpha value is -3.22. The van der Waals surface area contributed by atoms with Crippen LogP contribution in [0, 0.1) is 18.3 Å². The summed E-state index contributed by atoms with van der Waals surface area (Å²) in [6.07, 6.45) is 7.22. The Labute approximate surface area is 174 Å². The highest BCUT2D eigenvalue weighted by molar-refractivity contribution is 5.98. The van der Waals surface area contributed by atoms with Gasteiger partial charge in [-0.25, -0.2) is 4.98 Å². The second-order valence-corrected chi connectivity index (χ2v) is 8.81. The van der Waals surface area contributed by atoms with Crippen LogP contribution in [0.15, 0.2) is 55.0 Å². The van der Waals surface area contributed by atoms with E-state index in [1.807, 2.05) is 49.5 Å². The van der Waals surface area contributed by atoms with E-state index in [1.54, 1.807) is 12.4 Å². The molecule has 152 valence electrons. The molecule has 1 aliphatic heterocycles. The average Bonchev–Trinajstić information content (AvgIpc) is 3.19. The number of carbonyl (C=O) groups excluding carboxylic acids is 1. The summed E-state index contributed by atoms with van der Waals surface area (Å²) in [5.74, 6) is 1.22. The molecule has 1 amide bonds. The third kappa shape index (κ3) is 2.38. The molecule has 6 rings (SSSR count). The minimum Gasteiger partial charge on any atom is -0.472 e. The first-order valence-electron chi connectivity index (χ1n) is 10.5. The summed E-state index contributed by atoms with van der Waals surface area (Å²) in [6, 6.07) is 11.7. The number of benzene rings is 1. The Balaban J connectivity index is 1.32. The van der Waals surface area contributed by atoms with Crippen molar-refractivity contribution in [1.29, 1.82) is 0 Å². The molecule has 7 heteroatoms. The number of rotatable bonds is 4. The molecule has 0 radical (unpaired) electrons. The predicted octanol–water partition coefficient (Wildman–Crippen LogP) is 3.04. The van der Waals surface area contributed by atoms with E-state index in [1.165, 1.54) is 11.2 Å². The number of para-hydroxylation sites is 1. The summed E-state index contributed by atoms with van der Waals surface area (Å²) in [6.45, 7) is 4.18. The summed E-state index contributed by atoms with van der Waals surface area (Å²) >= 11 is 0. The topological polar surface area (TPSA) is 73.1 Å². The van der Waals surface area contributed by atoms with Crippen LogP contribution in [0.1, 0.15) is 35.7 Å². The molecule has 3 aliphatic rings. The maximum Gasteiger partial charge on any atom is 0.256 e. The van der Waals surface area contributed by atoms with Crippen LogP contribution in [0.25, 0.3) is 5.69 Å². The van der Waals surface area contributed by atoms with Gasteiger partial charge in [0.1, 0.15) is 6.10 Å². The molecule has 1 aromatic carbocycles. The van der Waals surface area contributed by atoms with Crippen LogP contribution in [0.4, 0.5) is 0 Å². The molecule has 3 aromatic rings. The van der Waals surface area contributed by atoms with Crippen molar-refractivity contribution in [2.75, 3.05) is 0 Å². The number of piperidine rings is 1. The van der Waals surface area contributed by atoms with Gasteiger partial charge in [-0.1, -0.05) is 18.2 Å². The normalized spacial score (nSPS) is 30.9. The molecule has 2 saturated carbocycles. The largest absolute Gasteiger partial charge is 0.472 e. The van der Waals surface area contributed by atoms with Crippen LogP contribution < -0.4 is 4.74 Å². The monoisotopic (exact) mass is 401 g/mol. The molecule has 1 spiro atoms. The number of aryl methyl sites for hydroxylation is 1. The average molecular weight is 401 g/mol. The second kappa shape index (κ2) is 6.14. The third-order valence-electron chi connectivity index (χ3n) is 7.18. The molecule has 3 heterocycles. The minimum atomic E-state index is -0.0194. The predicted molar refractivity (Wildman–Crippen MR) is 109 cm³/mol. The first-order valence-corrected chi connectivity index (χ1v) is 10.5. The lowest BCUT2D eigenvalue weighted by Crippen LogP contribution is -2.60. The number of carbonyl (C=O) groups is 1. The zero-order chi connectivity index (χ0) is 20.5. The maximum atomic E-state index is 13.8. The van der Waals surface area contributed by atoms with Gasteiger partial charge < -0.3 is 9.64 Å². The van der Waals surface area contributed by atoms with Crippen molar-refractivity contribution in [3.63, 3.8) is 0 Å². The lowest BCUT2D eigenvalue weighted by molar-refractivity contribution is -0.0395. The molecule has 5 atom stereocenters. The van der Waals surface area contributed by atoms with Gasteiger partial charge in [0.15, 0.2) is 0 Å². The summed E-state index contributed by atoms with van der Waals surface area (Å²) < 4.78 is 6.24. The van der Waals surface area contributed by atoms with Crippen molar-refractivity contribution in [2.24, 2.45) is 11.3 Å². The fraction of sp³-hybridized carbons (Fsp3) is 0.391. The smallest absolute Gasteiger partial charge is 0.256 e. The number of aromatic nitrogens is 4. The Kier molecular flexibility index (Phi) is 3.61. The number of ether oxygens (including phenoxy) is 1. The quantitative estimate of drug-likeness (QED) is 0.672. The van der Waals surface area contributed by atoms with Crippen LogP contribution in [0.3, 0.4) is 0 Å². The van der Waals surface area contributed by atoms with E-state index in [0.717, 1.165) is 12.0 Å². The lowest BCUT2D eigenvalue weighted by Gasteiger charge is -2.47. The minimum absolute atomic E-state index is 0.0194. The van der Waals surface area contributed by atoms with E-state index in [9.17, 15) is 4.79 Å². The Morgan fingerprint density at radius 3 is 2.70 bits per heavy atom. The van der Waals surface area contributed by atoms with Gasteiger partial charge >= 0.3 is 0 Å². The number of amides is 1. The molecule has 0 bridgehead atoms. The van der Waals surface area contributed by atoms with E-state index in [-0.39, 0.29) is 29.5 Å². The maximum absolute atomic E-state index is 13.8. The molecule has 3 fully saturated rings. The Bertz CT molecular complexity index is 1110. The van der Waals surface area contributed by atoms with Gasteiger partial charge in [0.25, 0.3) is 5.91 Å². The van der Waals surface area contributed by atoms with Gasteiger partial charge in [0.2, 0.25) is 5.88 Å². The van der Waals surface area contributed by atoms with Gasteiger partial charge in [-0.3, -0.25) is 4.79 Å². The van der Waals surface area contributed by atoms with Crippen molar-refractivity contribution in [2.45, 2.75) is 44.9 Å². The van der Waals surface area contributed by atoms with E-state index in [4.69, 9.17) is 4.74 Å². The van der Waals surface area contributed by atoms with Gasteiger partial charge in [0.05, 0.1) is 29.7 Å². The number of hydrogen-bond donors (Lipinski definition) is 0. The van der Waals surface area contributed by atoms with Crippen LogP contribution in [-0.2, 0) is 0 Å². The zero-order valence-electron chi connectivity index (χ0n) is 17.0. The van der Waals surface area contributed by atoms with E-state index in [0.29, 0.717) is 23.0 Å². The highest BCUT2D eigenvalue weighted by atomic mass is 16.5. The molecule has 0 N–H and O–H groups in total. The number of hydrogen-bond acceptors (Lipinski definition) is 5. The highest BCUT2D eigenvalue weighted by Crippen LogP contribution is 2.73. The number of nitrogens with zero attached hydrogens (tertiary/aromatic N) is 5. The fourth-order valence-corrected chi connectivity index (χ4v) is 5.70. The zero-order valence-corrected chi connectivity index (χ0v) is 17.0. The van der Waals surface area contributed by atoms with E-state index in [2.05, 4.69) is 27.0 Å². The Morgan fingerprint density at radius 2 is 1.93 bits per heavy atom. The van der Waals surface area contributed by atoms with Gasteiger partial charge in [-0.15, -0.1) is 0 Å². The summed E-state index contributed by atoms with van der Waals surface area (Å²) in [4.78, 5) is 21.7. The summed E-state index contributed by atoms with van der Waals surface area (Å²) in [5.41, 5.74) is 2.65. The molecular formula is C23H23N5O2. The van der Waals surface area contributed by atoms with Crippen molar-refractivity contribution >= 4 is 5.91 Å². The van der Waals surface area contributed by atoms with Crippen molar-refractivity contribution in [1.82, 2.24) is 24.9 Å². The second-order valence-electron chi connectivity index (χ2n) is 8.81. The van der Waals surface area contributed by atoms with Crippen molar-refractivity contribution in [3.05, 3.63) is 66.1 Å². The van der Waals surface area contributed by atoms with Gasteiger partial charge in [-0.2, -0.15) is 15.0 Å². The van der Waals surface area contributed by atoms with Crippen LogP contribution in [0.5, 0.6) is 5.88 Å². The summed E-state index contributed by atoms with van der Waals surface area (Å²) in [7, 11) is 0. The summed E-state index contributed by atoms with van der Waals surface area (Å²) in [5, 5.41) is 8.45. The molecule has 5 unspecified atom stereocenters. The molecule has 2 aromatic heterocycles. The molecule has 1 saturated heterocycles. The number of likely N-dealkylation sites (tertiary alicyclic amines) is 1. The first kappa shape index (κ1) is 17.6. The van der Waals surface area contributed by atoms with E-state index >= 15 is 0 Å². The first-order chi connectivity index (χ1) is 14.6. The highest BCUT2D eigenvalue weighted by Gasteiger charge is 2.78. The lowest BCUT2D eigenvalue weighted by atomic mass is 9.73. The van der Waals surface area contributed by atoms with Gasteiger partial charge in [-0.05, 0) is 50.3 Å². The van der Waals surface area contributed by atoms with E-state index < -0.39 is 0 Å². The molecule has 30 heavy (non-hydrogen) atoms. The van der Waals surface area contributed by atoms with Crippen LogP contribution in [-0.4, -0.2) is 49.0 Å².